The van der Waals surface area contributed by atoms with E-state index in [1.54, 1.807) is 14.2 Å². The van der Waals surface area contributed by atoms with Crippen LogP contribution in [0.3, 0.4) is 0 Å². The lowest BCUT2D eigenvalue weighted by Crippen LogP contribution is -1.95. The second kappa shape index (κ2) is 9.74. The van der Waals surface area contributed by atoms with Gasteiger partial charge in [-0.15, -0.1) is 0 Å². The zero-order chi connectivity index (χ0) is 13.9. The van der Waals surface area contributed by atoms with Crippen molar-refractivity contribution in [1.82, 2.24) is 0 Å². The van der Waals surface area contributed by atoms with Crippen LogP contribution in [-0.4, -0.2) is 33.1 Å². The lowest BCUT2D eigenvalue weighted by atomic mass is 10.1. The maximum Gasteiger partial charge on any atom is 0.122 e. The lowest BCUT2D eigenvalue weighted by Gasteiger charge is -2.09. The van der Waals surface area contributed by atoms with Gasteiger partial charge in [0.2, 0.25) is 0 Å². The van der Waals surface area contributed by atoms with Crippen LogP contribution in [0.2, 0.25) is 0 Å². The molecule has 3 nitrogen and oxygen atoms in total. The first-order valence-electron chi connectivity index (χ1n) is 6.24. The highest BCUT2D eigenvalue weighted by molar-refractivity contribution is 7.98. The molecule has 0 aliphatic carbocycles. The third-order valence-electron chi connectivity index (χ3n) is 2.51. The first-order chi connectivity index (χ1) is 9.31. The maximum atomic E-state index is 5.38. The second-order valence-corrected chi connectivity index (χ2v) is 5.04. The minimum Gasteiger partial charge on any atom is -0.496 e. The number of nitrogens with two attached hydrogens (primary N) is 1. The molecule has 0 amide bonds. The predicted molar refractivity (Wildman–Crippen MR) is 81.6 cm³/mol. The standard InChI is InChI=1S/C15H21NO2S/c1-17-9-4-10-19-12-14-11-13(5-3-8-16)6-7-15(14)18-2/h6-7,11H,4,8-10,12,16H2,1-2H3. The van der Waals surface area contributed by atoms with E-state index in [0.717, 1.165) is 35.8 Å². The molecular formula is C15H21NO2S. The van der Waals surface area contributed by atoms with Crippen LogP contribution in [0.25, 0.3) is 0 Å². The highest BCUT2D eigenvalue weighted by Crippen LogP contribution is 2.24. The average molecular weight is 279 g/mol. The van der Waals surface area contributed by atoms with Crippen molar-refractivity contribution in [3.05, 3.63) is 29.3 Å². The van der Waals surface area contributed by atoms with Crippen LogP contribution in [0.15, 0.2) is 18.2 Å². The molecular weight excluding hydrogens is 258 g/mol. The van der Waals surface area contributed by atoms with Gasteiger partial charge in [0.15, 0.2) is 0 Å². The fourth-order valence-electron chi connectivity index (χ4n) is 1.61. The maximum absolute atomic E-state index is 5.38. The molecule has 1 aromatic rings. The van der Waals surface area contributed by atoms with Gasteiger partial charge in [0.1, 0.15) is 5.75 Å². The van der Waals surface area contributed by atoms with Crippen molar-refractivity contribution < 1.29 is 9.47 Å². The van der Waals surface area contributed by atoms with Crippen LogP contribution in [-0.2, 0) is 10.5 Å². The van der Waals surface area contributed by atoms with Gasteiger partial charge in [0.25, 0.3) is 0 Å². The summed E-state index contributed by atoms with van der Waals surface area (Å²) in [6.07, 6.45) is 1.07. The van der Waals surface area contributed by atoms with Gasteiger partial charge in [-0.3, -0.25) is 0 Å². The topological polar surface area (TPSA) is 44.5 Å². The van der Waals surface area contributed by atoms with E-state index in [1.807, 2.05) is 23.9 Å². The predicted octanol–water partition coefficient (Wildman–Crippen LogP) is 2.28. The van der Waals surface area contributed by atoms with Crippen LogP contribution < -0.4 is 10.5 Å². The van der Waals surface area contributed by atoms with Gasteiger partial charge in [0.05, 0.1) is 13.7 Å². The highest BCUT2D eigenvalue weighted by Gasteiger charge is 2.04. The Morgan fingerprint density at radius 3 is 2.84 bits per heavy atom. The van der Waals surface area contributed by atoms with Crippen molar-refractivity contribution in [2.45, 2.75) is 12.2 Å². The van der Waals surface area contributed by atoms with E-state index in [1.165, 1.54) is 5.56 Å². The smallest absolute Gasteiger partial charge is 0.122 e. The number of methoxy groups -OCH3 is 2. The Bertz CT molecular complexity index is 438. The highest BCUT2D eigenvalue weighted by atomic mass is 32.2. The Morgan fingerprint density at radius 2 is 2.16 bits per heavy atom. The molecule has 0 saturated carbocycles. The van der Waals surface area contributed by atoms with E-state index in [4.69, 9.17) is 15.2 Å². The molecule has 0 radical (unpaired) electrons. The molecule has 1 aromatic carbocycles. The first-order valence-corrected chi connectivity index (χ1v) is 7.39. The fraction of sp³-hybridized carbons (Fsp3) is 0.467. The van der Waals surface area contributed by atoms with E-state index >= 15 is 0 Å². The molecule has 0 aromatic heterocycles. The summed E-state index contributed by atoms with van der Waals surface area (Å²) in [5.74, 6) is 8.83. The number of hydrogen-bond acceptors (Lipinski definition) is 4. The summed E-state index contributed by atoms with van der Waals surface area (Å²) in [4.78, 5) is 0. The lowest BCUT2D eigenvalue weighted by molar-refractivity contribution is 0.200. The Balaban J connectivity index is 2.62. The molecule has 0 aliphatic rings. The van der Waals surface area contributed by atoms with E-state index < -0.39 is 0 Å². The van der Waals surface area contributed by atoms with Crippen LogP contribution in [0.1, 0.15) is 17.5 Å². The molecule has 0 spiro atoms. The van der Waals surface area contributed by atoms with Gasteiger partial charge in [0, 0.05) is 30.6 Å². The number of rotatable bonds is 7. The fourth-order valence-corrected chi connectivity index (χ4v) is 2.52. The summed E-state index contributed by atoms with van der Waals surface area (Å²) in [5, 5.41) is 0. The van der Waals surface area contributed by atoms with Crippen LogP contribution in [0.5, 0.6) is 5.75 Å². The minimum absolute atomic E-state index is 0.382. The summed E-state index contributed by atoms with van der Waals surface area (Å²) < 4.78 is 10.4. The second-order valence-electron chi connectivity index (χ2n) is 3.93. The van der Waals surface area contributed by atoms with Gasteiger partial charge in [-0.1, -0.05) is 11.8 Å². The van der Waals surface area contributed by atoms with E-state index in [2.05, 4.69) is 17.9 Å². The molecule has 4 heteroatoms. The van der Waals surface area contributed by atoms with Crippen molar-refractivity contribution in [3.8, 4) is 17.6 Å². The van der Waals surface area contributed by atoms with Crippen molar-refractivity contribution in [2.24, 2.45) is 5.73 Å². The van der Waals surface area contributed by atoms with Gasteiger partial charge >= 0.3 is 0 Å². The first kappa shape index (κ1) is 15.9. The Morgan fingerprint density at radius 1 is 1.32 bits per heavy atom. The molecule has 0 bridgehead atoms. The Labute approximate surface area is 119 Å². The van der Waals surface area contributed by atoms with Crippen molar-refractivity contribution in [1.29, 1.82) is 0 Å². The van der Waals surface area contributed by atoms with Crippen molar-refractivity contribution in [2.75, 3.05) is 33.1 Å². The van der Waals surface area contributed by atoms with E-state index in [-0.39, 0.29) is 0 Å². The summed E-state index contributed by atoms with van der Waals surface area (Å²) in [6.45, 7) is 1.19. The monoisotopic (exact) mass is 279 g/mol. The summed E-state index contributed by atoms with van der Waals surface area (Å²) >= 11 is 1.88. The van der Waals surface area contributed by atoms with Crippen LogP contribution in [0.4, 0.5) is 0 Å². The molecule has 2 N–H and O–H groups in total. The Kier molecular flexibility index (Phi) is 8.15. The minimum atomic E-state index is 0.382. The van der Waals surface area contributed by atoms with Crippen molar-refractivity contribution >= 4 is 11.8 Å². The summed E-state index contributed by atoms with van der Waals surface area (Å²) in [5.41, 5.74) is 7.54. The normalized spacial score (nSPS) is 9.84. The number of thioether (sulfide) groups is 1. The molecule has 1 rings (SSSR count). The zero-order valence-electron chi connectivity index (χ0n) is 11.6. The van der Waals surface area contributed by atoms with Gasteiger partial charge in [-0.2, -0.15) is 11.8 Å². The van der Waals surface area contributed by atoms with Crippen LogP contribution in [0, 0.1) is 11.8 Å². The summed E-state index contributed by atoms with van der Waals surface area (Å²) in [6, 6.07) is 6.00. The van der Waals surface area contributed by atoms with Crippen molar-refractivity contribution in [3.63, 3.8) is 0 Å². The SMILES string of the molecule is COCCCSCc1cc(C#CCN)ccc1OC. The summed E-state index contributed by atoms with van der Waals surface area (Å²) in [7, 11) is 3.42. The van der Waals surface area contributed by atoms with E-state index in [0.29, 0.717) is 6.54 Å². The van der Waals surface area contributed by atoms with E-state index in [9.17, 15) is 0 Å². The van der Waals surface area contributed by atoms with Crippen LogP contribution >= 0.6 is 11.8 Å². The quantitative estimate of drug-likeness (QED) is 0.614. The third kappa shape index (κ3) is 6.02. The molecule has 0 unspecified atom stereocenters. The molecule has 19 heavy (non-hydrogen) atoms. The van der Waals surface area contributed by atoms with Gasteiger partial charge < -0.3 is 15.2 Å². The number of hydrogen-bond donors (Lipinski definition) is 1. The van der Waals surface area contributed by atoms with Gasteiger partial charge in [-0.25, -0.2) is 0 Å². The van der Waals surface area contributed by atoms with Gasteiger partial charge in [-0.05, 0) is 30.4 Å². The Hall–Kier alpha value is -1.15. The molecule has 0 heterocycles. The number of benzene rings is 1. The molecule has 0 saturated heterocycles. The third-order valence-corrected chi connectivity index (χ3v) is 3.60. The number of ether oxygens (including phenoxy) is 2. The average Bonchev–Trinajstić information content (AvgIpc) is 2.45. The molecule has 0 aliphatic heterocycles. The largest absolute Gasteiger partial charge is 0.496 e. The zero-order valence-corrected chi connectivity index (χ0v) is 12.4. The molecule has 104 valence electrons. The molecule has 0 fully saturated rings. The molecule has 0 atom stereocenters.